The van der Waals surface area contributed by atoms with E-state index in [4.69, 9.17) is 11.6 Å². The number of hydrogen-bond acceptors (Lipinski definition) is 3. The van der Waals surface area contributed by atoms with Gasteiger partial charge < -0.3 is 4.90 Å². The fourth-order valence-corrected chi connectivity index (χ4v) is 2.17. The van der Waals surface area contributed by atoms with Gasteiger partial charge in [-0.2, -0.15) is 0 Å². The van der Waals surface area contributed by atoms with Gasteiger partial charge >= 0.3 is 0 Å². The summed E-state index contributed by atoms with van der Waals surface area (Å²) < 4.78 is 0. The summed E-state index contributed by atoms with van der Waals surface area (Å²) in [4.78, 5) is 11.3. The van der Waals surface area contributed by atoms with Crippen molar-refractivity contribution in [3.63, 3.8) is 0 Å². The van der Waals surface area contributed by atoms with Crippen molar-refractivity contribution < 1.29 is 0 Å². The van der Waals surface area contributed by atoms with Crippen LogP contribution in [0.4, 0.5) is 5.82 Å². The Hall–Kier alpha value is -0.830. The van der Waals surface area contributed by atoms with Crippen molar-refractivity contribution in [2.24, 2.45) is 0 Å². The first-order valence-electron chi connectivity index (χ1n) is 5.93. The first-order chi connectivity index (χ1) is 7.66. The molecular weight excluding hydrogens is 222 g/mol. The lowest BCUT2D eigenvalue weighted by Gasteiger charge is -2.20. The van der Waals surface area contributed by atoms with Crippen LogP contribution < -0.4 is 4.90 Å². The van der Waals surface area contributed by atoms with Crippen molar-refractivity contribution in [2.45, 2.75) is 44.6 Å². The standard InChI is InChI=1S/C12H16ClN3/c1-7-10(13)14-11(8-3-4-8)15-12(7)16(2)9-5-6-9/h8-9H,3-6H2,1-2H3. The Morgan fingerprint density at radius 1 is 1.19 bits per heavy atom. The Labute approximate surface area is 101 Å². The summed E-state index contributed by atoms with van der Waals surface area (Å²) in [5.41, 5.74) is 1.01. The number of hydrogen-bond donors (Lipinski definition) is 0. The van der Waals surface area contributed by atoms with Crippen molar-refractivity contribution in [1.82, 2.24) is 9.97 Å². The SMILES string of the molecule is Cc1c(Cl)nc(C2CC2)nc1N(C)C1CC1. The monoisotopic (exact) mass is 237 g/mol. The summed E-state index contributed by atoms with van der Waals surface area (Å²) in [5, 5.41) is 0.624. The molecule has 0 bridgehead atoms. The summed E-state index contributed by atoms with van der Waals surface area (Å²) in [7, 11) is 2.11. The number of anilines is 1. The predicted molar refractivity (Wildman–Crippen MR) is 65.2 cm³/mol. The Kier molecular flexibility index (Phi) is 2.32. The highest BCUT2D eigenvalue weighted by Gasteiger charge is 2.32. The van der Waals surface area contributed by atoms with E-state index in [0.717, 1.165) is 17.2 Å². The lowest BCUT2D eigenvalue weighted by molar-refractivity contribution is 0.841. The molecule has 2 fully saturated rings. The van der Waals surface area contributed by atoms with E-state index in [1.807, 2.05) is 6.92 Å². The van der Waals surface area contributed by atoms with Crippen LogP contribution in [0, 0.1) is 6.92 Å². The van der Waals surface area contributed by atoms with Crippen LogP contribution in [0.5, 0.6) is 0 Å². The minimum absolute atomic E-state index is 0.560. The zero-order valence-electron chi connectivity index (χ0n) is 9.70. The summed E-state index contributed by atoms with van der Waals surface area (Å²) in [6.45, 7) is 2.01. The second kappa shape index (κ2) is 3.59. The van der Waals surface area contributed by atoms with Gasteiger partial charge in [-0.25, -0.2) is 9.97 Å². The van der Waals surface area contributed by atoms with E-state index in [1.165, 1.54) is 25.7 Å². The highest BCUT2D eigenvalue weighted by molar-refractivity contribution is 6.30. The zero-order chi connectivity index (χ0) is 11.3. The first-order valence-corrected chi connectivity index (χ1v) is 6.31. The van der Waals surface area contributed by atoms with E-state index in [2.05, 4.69) is 21.9 Å². The third-order valence-corrected chi connectivity index (χ3v) is 3.82. The van der Waals surface area contributed by atoms with E-state index in [1.54, 1.807) is 0 Å². The molecule has 1 aromatic rings. The van der Waals surface area contributed by atoms with Crippen LogP contribution in [0.15, 0.2) is 0 Å². The predicted octanol–water partition coefficient (Wildman–Crippen LogP) is 2.91. The molecule has 86 valence electrons. The van der Waals surface area contributed by atoms with E-state index in [9.17, 15) is 0 Å². The Morgan fingerprint density at radius 3 is 2.44 bits per heavy atom. The largest absolute Gasteiger partial charge is 0.356 e. The third-order valence-electron chi connectivity index (χ3n) is 3.45. The van der Waals surface area contributed by atoms with Crippen molar-refractivity contribution in [3.8, 4) is 0 Å². The average Bonchev–Trinajstić information content (AvgIpc) is 3.14. The minimum atomic E-state index is 0.560. The lowest BCUT2D eigenvalue weighted by Crippen LogP contribution is -2.22. The van der Waals surface area contributed by atoms with Gasteiger partial charge in [-0.3, -0.25) is 0 Å². The molecule has 0 aliphatic heterocycles. The molecule has 0 unspecified atom stereocenters. The summed E-state index contributed by atoms with van der Waals surface area (Å²) in [5.74, 6) is 2.53. The molecule has 2 saturated carbocycles. The summed E-state index contributed by atoms with van der Waals surface area (Å²) >= 11 is 6.18. The van der Waals surface area contributed by atoms with Crippen LogP contribution in [0.25, 0.3) is 0 Å². The van der Waals surface area contributed by atoms with Gasteiger partial charge in [-0.1, -0.05) is 11.6 Å². The van der Waals surface area contributed by atoms with Gasteiger partial charge in [-0.05, 0) is 32.6 Å². The third kappa shape index (κ3) is 1.77. The van der Waals surface area contributed by atoms with Gasteiger partial charge in [-0.15, -0.1) is 0 Å². The molecule has 1 aromatic heterocycles. The number of rotatable bonds is 3. The van der Waals surface area contributed by atoms with Crippen molar-refractivity contribution in [3.05, 3.63) is 16.5 Å². The topological polar surface area (TPSA) is 29.0 Å². The highest BCUT2D eigenvalue weighted by atomic mass is 35.5. The quantitative estimate of drug-likeness (QED) is 0.757. The minimum Gasteiger partial charge on any atom is -0.356 e. The molecule has 3 nitrogen and oxygen atoms in total. The van der Waals surface area contributed by atoms with Crippen LogP contribution in [0.1, 0.15) is 43.0 Å². The number of nitrogens with zero attached hydrogens (tertiary/aromatic N) is 3. The molecule has 1 heterocycles. The van der Waals surface area contributed by atoms with Gasteiger partial charge in [0.05, 0.1) is 0 Å². The summed E-state index contributed by atoms with van der Waals surface area (Å²) in [6, 6.07) is 0.664. The number of aromatic nitrogens is 2. The van der Waals surface area contributed by atoms with E-state index in [0.29, 0.717) is 17.1 Å². The fourth-order valence-electron chi connectivity index (χ4n) is 2.00. The van der Waals surface area contributed by atoms with Gasteiger partial charge in [0.1, 0.15) is 16.8 Å². The van der Waals surface area contributed by atoms with E-state index in [-0.39, 0.29) is 0 Å². The molecule has 0 radical (unpaired) electrons. The zero-order valence-corrected chi connectivity index (χ0v) is 10.5. The molecule has 16 heavy (non-hydrogen) atoms. The fraction of sp³-hybridized carbons (Fsp3) is 0.667. The van der Waals surface area contributed by atoms with Gasteiger partial charge in [0, 0.05) is 24.6 Å². The van der Waals surface area contributed by atoms with Crippen molar-refractivity contribution in [1.29, 1.82) is 0 Å². The average molecular weight is 238 g/mol. The first kappa shape index (κ1) is 10.3. The Bertz CT molecular complexity index is 425. The van der Waals surface area contributed by atoms with Crippen LogP contribution in [0.2, 0.25) is 5.15 Å². The maximum Gasteiger partial charge on any atom is 0.137 e. The van der Waals surface area contributed by atoms with Gasteiger partial charge in [0.25, 0.3) is 0 Å². The molecule has 0 N–H and O–H groups in total. The molecule has 0 aromatic carbocycles. The Balaban J connectivity index is 1.99. The molecular formula is C12H16ClN3. The number of halogens is 1. The molecule has 2 aliphatic rings. The molecule has 0 saturated heterocycles. The van der Waals surface area contributed by atoms with Crippen LogP contribution in [-0.4, -0.2) is 23.1 Å². The van der Waals surface area contributed by atoms with E-state index >= 15 is 0 Å². The maximum atomic E-state index is 6.18. The smallest absolute Gasteiger partial charge is 0.137 e. The molecule has 0 amide bonds. The highest BCUT2D eigenvalue weighted by Crippen LogP contribution is 2.40. The second-order valence-corrected chi connectivity index (χ2v) is 5.30. The molecule has 4 heteroatoms. The van der Waals surface area contributed by atoms with Crippen LogP contribution in [0.3, 0.4) is 0 Å². The lowest BCUT2D eigenvalue weighted by atomic mass is 10.3. The Morgan fingerprint density at radius 2 is 1.88 bits per heavy atom. The summed E-state index contributed by atoms with van der Waals surface area (Å²) in [6.07, 6.45) is 4.98. The van der Waals surface area contributed by atoms with Gasteiger partial charge in [0.2, 0.25) is 0 Å². The molecule has 3 rings (SSSR count). The molecule has 0 atom stereocenters. The molecule has 0 spiro atoms. The molecule has 2 aliphatic carbocycles. The second-order valence-electron chi connectivity index (χ2n) is 4.94. The normalized spacial score (nSPS) is 19.9. The van der Waals surface area contributed by atoms with E-state index < -0.39 is 0 Å². The van der Waals surface area contributed by atoms with Crippen LogP contribution in [-0.2, 0) is 0 Å². The van der Waals surface area contributed by atoms with Crippen LogP contribution >= 0.6 is 11.6 Å². The van der Waals surface area contributed by atoms with Gasteiger partial charge in [0.15, 0.2) is 0 Å². The van der Waals surface area contributed by atoms with Crippen molar-refractivity contribution in [2.75, 3.05) is 11.9 Å². The van der Waals surface area contributed by atoms with Crippen molar-refractivity contribution >= 4 is 17.4 Å². The maximum absolute atomic E-state index is 6.18.